The molecule has 0 aliphatic rings. The van der Waals surface area contributed by atoms with E-state index in [-0.39, 0.29) is 16.9 Å². The van der Waals surface area contributed by atoms with Gasteiger partial charge in [-0.05, 0) is 13.0 Å². The van der Waals surface area contributed by atoms with Crippen molar-refractivity contribution in [3.05, 3.63) is 50.0 Å². The van der Waals surface area contributed by atoms with Crippen LogP contribution in [-0.4, -0.2) is 21.0 Å². The Hall–Kier alpha value is -2.48. The van der Waals surface area contributed by atoms with Crippen LogP contribution in [0.5, 0.6) is 0 Å². The number of nitro groups is 1. The number of nitro benzene ring substituents is 1. The number of aromatic carboxylic acids is 1. The van der Waals surface area contributed by atoms with E-state index >= 15 is 0 Å². The summed E-state index contributed by atoms with van der Waals surface area (Å²) in [5.74, 6) is -1.14. The number of carbonyl (C=O) groups is 1. The molecular weight excluding hydrogens is 282 g/mol. The maximum Gasteiger partial charge on any atom is 0.337 e. The van der Waals surface area contributed by atoms with E-state index in [9.17, 15) is 14.9 Å². The summed E-state index contributed by atoms with van der Waals surface area (Å²) in [4.78, 5) is 26.4. The van der Waals surface area contributed by atoms with E-state index in [1.54, 1.807) is 6.20 Å². The number of nitrogens with zero attached hydrogens (tertiary/aromatic N) is 2. The van der Waals surface area contributed by atoms with Gasteiger partial charge in [0.1, 0.15) is 5.01 Å². The molecule has 0 atom stereocenters. The molecule has 1 heterocycles. The average Bonchev–Trinajstić information content (AvgIpc) is 2.81. The Bertz CT molecular complexity index is 668. The van der Waals surface area contributed by atoms with Crippen LogP contribution in [0, 0.1) is 17.0 Å². The molecule has 7 nitrogen and oxygen atoms in total. The molecule has 20 heavy (non-hydrogen) atoms. The molecule has 0 fully saturated rings. The lowest BCUT2D eigenvalue weighted by Gasteiger charge is -2.07. The topological polar surface area (TPSA) is 105 Å². The summed E-state index contributed by atoms with van der Waals surface area (Å²) in [7, 11) is 0. The van der Waals surface area contributed by atoms with Crippen LogP contribution in [0.2, 0.25) is 0 Å². The van der Waals surface area contributed by atoms with Crippen molar-refractivity contribution in [3.8, 4) is 0 Å². The van der Waals surface area contributed by atoms with Gasteiger partial charge in [-0.2, -0.15) is 0 Å². The van der Waals surface area contributed by atoms with E-state index in [2.05, 4.69) is 10.3 Å². The molecule has 2 N–H and O–H groups in total. The quantitative estimate of drug-likeness (QED) is 0.648. The number of carboxylic acids is 1. The van der Waals surface area contributed by atoms with Crippen molar-refractivity contribution in [3.63, 3.8) is 0 Å². The first-order valence-electron chi connectivity index (χ1n) is 5.64. The maximum atomic E-state index is 11.1. The van der Waals surface area contributed by atoms with Crippen molar-refractivity contribution in [2.45, 2.75) is 13.5 Å². The number of anilines is 1. The van der Waals surface area contributed by atoms with Crippen LogP contribution in [0.3, 0.4) is 0 Å². The molecule has 0 bridgehead atoms. The van der Waals surface area contributed by atoms with Crippen LogP contribution in [-0.2, 0) is 6.54 Å². The van der Waals surface area contributed by atoms with Crippen molar-refractivity contribution in [2.75, 3.05) is 5.32 Å². The average molecular weight is 293 g/mol. The number of aromatic nitrogens is 1. The summed E-state index contributed by atoms with van der Waals surface area (Å²) in [6, 6.07) is 3.60. The normalized spacial score (nSPS) is 10.2. The van der Waals surface area contributed by atoms with Gasteiger partial charge in [0.15, 0.2) is 0 Å². The van der Waals surface area contributed by atoms with E-state index in [1.807, 2.05) is 6.92 Å². The predicted molar refractivity (Wildman–Crippen MR) is 74.2 cm³/mol. The molecule has 0 unspecified atom stereocenters. The Labute approximate surface area is 118 Å². The predicted octanol–water partition coefficient (Wildman–Crippen LogP) is 2.67. The highest BCUT2D eigenvalue weighted by atomic mass is 32.1. The number of carboxylic acid groups (broad SMARTS) is 1. The van der Waals surface area contributed by atoms with E-state index in [0.717, 1.165) is 9.88 Å². The lowest BCUT2D eigenvalue weighted by molar-refractivity contribution is -0.384. The molecule has 2 aromatic rings. The molecule has 0 saturated heterocycles. The standard InChI is InChI=1S/C12H11N3O4S/c1-7-5-14-11(20-7)6-13-10-4-8(15(18)19)2-3-9(10)12(16)17/h2-5,13H,6H2,1H3,(H,16,17). The number of thiazole rings is 1. The minimum atomic E-state index is -1.14. The first kappa shape index (κ1) is 13.9. The zero-order chi connectivity index (χ0) is 14.7. The molecule has 0 saturated carbocycles. The maximum absolute atomic E-state index is 11.1. The van der Waals surface area contributed by atoms with E-state index < -0.39 is 10.9 Å². The number of hydrogen-bond acceptors (Lipinski definition) is 6. The number of hydrogen-bond donors (Lipinski definition) is 2. The van der Waals surface area contributed by atoms with Crippen molar-refractivity contribution in [1.82, 2.24) is 4.98 Å². The Kier molecular flexibility index (Phi) is 3.94. The van der Waals surface area contributed by atoms with Crippen molar-refractivity contribution in [2.24, 2.45) is 0 Å². The molecule has 0 amide bonds. The zero-order valence-corrected chi connectivity index (χ0v) is 11.3. The molecule has 1 aromatic carbocycles. The van der Waals surface area contributed by atoms with Crippen molar-refractivity contribution >= 4 is 28.7 Å². The summed E-state index contributed by atoms with van der Waals surface area (Å²) >= 11 is 1.48. The van der Waals surface area contributed by atoms with Gasteiger partial charge in [0.2, 0.25) is 0 Å². The highest BCUT2D eigenvalue weighted by Gasteiger charge is 2.15. The van der Waals surface area contributed by atoms with E-state index in [4.69, 9.17) is 5.11 Å². The van der Waals surface area contributed by atoms with Crippen LogP contribution in [0.15, 0.2) is 24.4 Å². The van der Waals surface area contributed by atoms with E-state index in [1.165, 1.54) is 29.5 Å². The Morgan fingerprint density at radius 3 is 2.85 bits per heavy atom. The molecular formula is C12H11N3O4S. The fourth-order valence-corrected chi connectivity index (χ4v) is 2.36. The third-order valence-corrected chi connectivity index (χ3v) is 3.46. The molecule has 0 spiro atoms. The van der Waals surface area contributed by atoms with Gasteiger partial charge in [-0.25, -0.2) is 9.78 Å². The summed E-state index contributed by atoms with van der Waals surface area (Å²) in [5.41, 5.74) is 0.0382. The highest BCUT2D eigenvalue weighted by molar-refractivity contribution is 7.11. The van der Waals surface area contributed by atoms with Crippen molar-refractivity contribution in [1.29, 1.82) is 0 Å². The second-order valence-corrected chi connectivity index (χ2v) is 5.33. The molecule has 2 rings (SSSR count). The van der Waals surface area contributed by atoms with Crippen LogP contribution in [0.1, 0.15) is 20.2 Å². The second kappa shape index (κ2) is 5.66. The largest absolute Gasteiger partial charge is 0.478 e. The Morgan fingerprint density at radius 2 is 2.30 bits per heavy atom. The lowest BCUT2D eigenvalue weighted by atomic mass is 10.1. The second-order valence-electron chi connectivity index (χ2n) is 4.01. The van der Waals surface area contributed by atoms with Crippen LogP contribution in [0.4, 0.5) is 11.4 Å². The van der Waals surface area contributed by atoms with Crippen LogP contribution >= 0.6 is 11.3 Å². The van der Waals surface area contributed by atoms with Gasteiger partial charge in [-0.1, -0.05) is 0 Å². The minimum Gasteiger partial charge on any atom is -0.478 e. The highest BCUT2D eigenvalue weighted by Crippen LogP contribution is 2.24. The number of nitrogens with one attached hydrogen (secondary N) is 1. The molecule has 1 aromatic heterocycles. The number of non-ortho nitro benzene ring substituents is 1. The monoisotopic (exact) mass is 293 g/mol. The fraction of sp³-hybridized carbons (Fsp3) is 0.167. The van der Waals surface area contributed by atoms with Gasteiger partial charge in [0.05, 0.1) is 22.7 Å². The molecule has 0 aliphatic carbocycles. The molecule has 0 radical (unpaired) electrons. The Balaban J connectivity index is 2.25. The first-order valence-corrected chi connectivity index (χ1v) is 6.46. The van der Waals surface area contributed by atoms with Crippen LogP contribution in [0.25, 0.3) is 0 Å². The smallest absolute Gasteiger partial charge is 0.337 e. The summed E-state index contributed by atoms with van der Waals surface area (Å²) in [5, 5.41) is 23.5. The van der Waals surface area contributed by atoms with Crippen LogP contribution < -0.4 is 5.32 Å². The first-order chi connectivity index (χ1) is 9.47. The van der Waals surface area contributed by atoms with Gasteiger partial charge in [-0.3, -0.25) is 10.1 Å². The zero-order valence-electron chi connectivity index (χ0n) is 10.5. The summed E-state index contributed by atoms with van der Waals surface area (Å²) < 4.78 is 0. The van der Waals surface area contributed by atoms with Gasteiger partial charge in [0, 0.05) is 23.2 Å². The lowest BCUT2D eigenvalue weighted by Crippen LogP contribution is -2.07. The summed E-state index contributed by atoms with van der Waals surface area (Å²) in [6.45, 7) is 2.23. The third kappa shape index (κ3) is 3.09. The van der Waals surface area contributed by atoms with Gasteiger partial charge < -0.3 is 10.4 Å². The molecule has 0 aliphatic heterocycles. The third-order valence-electron chi connectivity index (χ3n) is 2.54. The van der Waals surface area contributed by atoms with Crippen molar-refractivity contribution < 1.29 is 14.8 Å². The van der Waals surface area contributed by atoms with E-state index in [0.29, 0.717) is 6.54 Å². The van der Waals surface area contributed by atoms with Gasteiger partial charge in [0.25, 0.3) is 5.69 Å². The minimum absolute atomic E-state index is 0.0103. The summed E-state index contributed by atoms with van der Waals surface area (Å²) in [6.07, 6.45) is 1.72. The van der Waals surface area contributed by atoms with Gasteiger partial charge in [-0.15, -0.1) is 11.3 Å². The number of aryl methyl sites for hydroxylation is 1. The number of benzene rings is 1. The fourth-order valence-electron chi connectivity index (χ4n) is 1.63. The molecule has 104 valence electrons. The Morgan fingerprint density at radius 1 is 1.55 bits per heavy atom. The van der Waals surface area contributed by atoms with Gasteiger partial charge >= 0.3 is 5.97 Å². The number of rotatable bonds is 5. The molecule has 8 heteroatoms. The SMILES string of the molecule is Cc1cnc(CNc2cc([N+](=O)[O-])ccc2C(=O)O)s1.